The molecule has 0 heterocycles. The average Bonchev–Trinajstić information content (AvgIpc) is 2.33. The number of rotatable bonds is 2. The number of aliphatic hydroxyl groups is 1. The minimum absolute atomic E-state index is 0.198. The molecule has 0 bridgehead atoms. The Morgan fingerprint density at radius 1 is 1.21 bits per heavy atom. The van der Waals surface area contributed by atoms with E-state index >= 15 is 0 Å². The molecular formula is C13H15ClF3NO. The maximum Gasteiger partial charge on any atom is 0.417 e. The van der Waals surface area contributed by atoms with Crippen LogP contribution in [0.15, 0.2) is 18.2 Å². The van der Waals surface area contributed by atoms with Crippen molar-refractivity contribution in [3.63, 3.8) is 0 Å². The molecule has 106 valence electrons. The number of halogens is 4. The summed E-state index contributed by atoms with van der Waals surface area (Å²) >= 11 is 5.56. The maximum atomic E-state index is 12.7. The van der Waals surface area contributed by atoms with Crippen LogP contribution in [0, 0.1) is 0 Å². The molecule has 0 amide bonds. The Labute approximate surface area is 114 Å². The van der Waals surface area contributed by atoms with Crippen LogP contribution in [0.4, 0.5) is 18.9 Å². The van der Waals surface area contributed by atoms with Crippen molar-refractivity contribution in [3.05, 3.63) is 28.8 Å². The van der Waals surface area contributed by atoms with E-state index < -0.39 is 17.8 Å². The second kappa shape index (κ2) is 5.59. The molecule has 2 rings (SSSR count). The van der Waals surface area contributed by atoms with Gasteiger partial charge in [0.2, 0.25) is 0 Å². The summed E-state index contributed by atoms with van der Waals surface area (Å²) in [6.45, 7) is 0. The van der Waals surface area contributed by atoms with Gasteiger partial charge in [-0.2, -0.15) is 13.2 Å². The quantitative estimate of drug-likeness (QED) is 0.861. The zero-order chi connectivity index (χ0) is 14.0. The van der Waals surface area contributed by atoms with Crippen molar-refractivity contribution in [2.75, 3.05) is 5.32 Å². The lowest BCUT2D eigenvalue weighted by Crippen LogP contribution is -2.36. The van der Waals surface area contributed by atoms with Gasteiger partial charge in [-0.1, -0.05) is 24.4 Å². The second-order valence-electron chi connectivity index (χ2n) is 4.80. The second-order valence-corrected chi connectivity index (χ2v) is 5.20. The maximum absolute atomic E-state index is 12.7. The number of aliphatic hydroxyl groups excluding tert-OH is 1. The van der Waals surface area contributed by atoms with Crippen LogP contribution < -0.4 is 5.32 Å². The first-order valence-electron chi connectivity index (χ1n) is 6.19. The molecule has 1 aromatic carbocycles. The molecule has 0 radical (unpaired) electrons. The van der Waals surface area contributed by atoms with Crippen LogP contribution in [0.1, 0.15) is 31.2 Å². The van der Waals surface area contributed by atoms with Gasteiger partial charge in [-0.25, -0.2) is 0 Å². The number of hydrogen-bond donors (Lipinski definition) is 2. The number of anilines is 1. The van der Waals surface area contributed by atoms with Crippen LogP contribution >= 0.6 is 11.6 Å². The Morgan fingerprint density at radius 2 is 1.89 bits per heavy atom. The zero-order valence-corrected chi connectivity index (χ0v) is 10.9. The van der Waals surface area contributed by atoms with Gasteiger partial charge in [-0.05, 0) is 31.0 Å². The molecule has 1 aliphatic carbocycles. The molecule has 1 saturated carbocycles. The first-order chi connectivity index (χ1) is 8.88. The van der Waals surface area contributed by atoms with Crippen molar-refractivity contribution in [1.29, 1.82) is 0 Å². The fraction of sp³-hybridized carbons (Fsp3) is 0.538. The largest absolute Gasteiger partial charge is 0.417 e. The van der Waals surface area contributed by atoms with Gasteiger partial charge in [0.15, 0.2) is 0 Å². The van der Waals surface area contributed by atoms with E-state index in [1.165, 1.54) is 12.1 Å². The molecule has 0 aliphatic heterocycles. The van der Waals surface area contributed by atoms with Crippen LogP contribution in [0.2, 0.25) is 5.02 Å². The van der Waals surface area contributed by atoms with E-state index in [1.807, 2.05) is 0 Å². The van der Waals surface area contributed by atoms with Crippen LogP contribution in [0.5, 0.6) is 0 Å². The fourth-order valence-corrected chi connectivity index (χ4v) is 2.55. The summed E-state index contributed by atoms with van der Waals surface area (Å²) in [5.74, 6) is 0. The summed E-state index contributed by atoms with van der Waals surface area (Å²) in [6.07, 6.45) is -1.64. The molecule has 2 N–H and O–H groups in total. The monoisotopic (exact) mass is 293 g/mol. The van der Waals surface area contributed by atoms with Crippen molar-refractivity contribution >= 4 is 17.3 Å². The predicted octanol–water partition coefficient (Wildman–Crippen LogP) is 4.07. The van der Waals surface area contributed by atoms with Crippen LogP contribution in [-0.2, 0) is 6.18 Å². The van der Waals surface area contributed by atoms with E-state index in [4.69, 9.17) is 11.6 Å². The summed E-state index contributed by atoms with van der Waals surface area (Å²) in [5, 5.41) is 12.4. The SMILES string of the molecule is OC1CCCCC1Nc1ccc(Cl)c(C(F)(F)F)c1. The molecular weight excluding hydrogens is 279 g/mol. The zero-order valence-electron chi connectivity index (χ0n) is 10.2. The van der Waals surface area contributed by atoms with E-state index in [0.29, 0.717) is 12.1 Å². The van der Waals surface area contributed by atoms with Gasteiger partial charge in [0.25, 0.3) is 0 Å². The van der Waals surface area contributed by atoms with Gasteiger partial charge in [0.05, 0.1) is 22.7 Å². The lowest BCUT2D eigenvalue weighted by atomic mass is 9.92. The summed E-state index contributed by atoms with van der Waals surface area (Å²) in [4.78, 5) is 0. The minimum Gasteiger partial charge on any atom is -0.391 e. The summed E-state index contributed by atoms with van der Waals surface area (Å²) in [6, 6.07) is 3.51. The Kier molecular flexibility index (Phi) is 4.26. The highest BCUT2D eigenvalue weighted by molar-refractivity contribution is 6.31. The van der Waals surface area contributed by atoms with Crippen molar-refractivity contribution in [1.82, 2.24) is 0 Å². The van der Waals surface area contributed by atoms with Gasteiger partial charge in [-0.15, -0.1) is 0 Å². The van der Waals surface area contributed by atoms with Gasteiger partial charge in [0.1, 0.15) is 0 Å². The van der Waals surface area contributed by atoms with Crippen LogP contribution in [0.3, 0.4) is 0 Å². The van der Waals surface area contributed by atoms with Gasteiger partial charge >= 0.3 is 6.18 Å². The van der Waals surface area contributed by atoms with E-state index in [1.54, 1.807) is 0 Å². The average molecular weight is 294 g/mol. The molecule has 0 aromatic heterocycles. The Balaban J connectivity index is 2.17. The highest BCUT2D eigenvalue weighted by Crippen LogP contribution is 2.36. The lowest BCUT2D eigenvalue weighted by molar-refractivity contribution is -0.137. The minimum atomic E-state index is -4.47. The van der Waals surface area contributed by atoms with E-state index in [2.05, 4.69) is 5.32 Å². The molecule has 1 aliphatic rings. The first kappa shape index (κ1) is 14.5. The van der Waals surface area contributed by atoms with Crippen molar-refractivity contribution in [3.8, 4) is 0 Å². The van der Waals surface area contributed by atoms with E-state index in [-0.39, 0.29) is 11.1 Å². The normalized spacial score (nSPS) is 24.3. The van der Waals surface area contributed by atoms with Crippen molar-refractivity contribution in [2.45, 2.75) is 44.0 Å². The number of benzene rings is 1. The smallest absolute Gasteiger partial charge is 0.391 e. The first-order valence-corrected chi connectivity index (χ1v) is 6.57. The number of alkyl halides is 3. The molecule has 2 atom stereocenters. The number of hydrogen-bond acceptors (Lipinski definition) is 2. The van der Waals surface area contributed by atoms with Crippen LogP contribution in [-0.4, -0.2) is 17.3 Å². The highest BCUT2D eigenvalue weighted by Gasteiger charge is 2.33. The topological polar surface area (TPSA) is 32.3 Å². The number of nitrogens with one attached hydrogen (secondary N) is 1. The summed E-state index contributed by atoms with van der Waals surface area (Å²) in [5.41, 5.74) is -0.521. The molecule has 6 heteroatoms. The highest BCUT2D eigenvalue weighted by atomic mass is 35.5. The third kappa shape index (κ3) is 3.54. The molecule has 0 saturated heterocycles. The Bertz CT molecular complexity index is 450. The fourth-order valence-electron chi connectivity index (χ4n) is 2.33. The lowest BCUT2D eigenvalue weighted by Gasteiger charge is -2.29. The summed E-state index contributed by atoms with van der Waals surface area (Å²) in [7, 11) is 0. The van der Waals surface area contributed by atoms with Crippen molar-refractivity contribution < 1.29 is 18.3 Å². The predicted molar refractivity (Wildman–Crippen MR) is 68.3 cm³/mol. The molecule has 1 fully saturated rings. The molecule has 0 spiro atoms. The Hall–Kier alpha value is -0.940. The summed E-state index contributed by atoms with van der Waals surface area (Å²) < 4.78 is 38.2. The molecule has 1 aromatic rings. The molecule has 2 nitrogen and oxygen atoms in total. The van der Waals surface area contributed by atoms with E-state index in [9.17, 15) is 18.3 Å². The van der Waals surface area contributed by atoms with Gasteiger partial charge < -0.3 is 10.4 Å². The standard InChI is InChI=1S/C13H15ClF3NO/c14-10-6-5-8(7-9(10)13(15,16)17)18-11-3-1-2-4-12(11)19/h5-7,11-12,18-19H,1-4H2. The van der Waals surface area contributed by atoms with Gasteiger partial charge in [0, 0.05) is 5.69 Å². The van der Waals surface area contributed by atoms with E-state index in [0.717, 1.165) is 25.3 Å². The third-order valence-corrected chi connectivity index (χ3v) is 3.68. The molecule has 19 heavy (non-hydrogen) atoms. The third-order valence-electron chi connectivity index (χ3n) is 3.35. The van der Waals surface area contributed by atoms with Gasteiger partial charge in [-0.3, -0.25) is 0 Å². The Morgan fingerprint density at radius 3 is 2.53 bits per heavy atom. The van der Waals surface area contributed by atoms with Crippen LogP contribution in [0.25, 0.3) is 0 Å². The molecule has 2 unspecified atom stereocenters. The van der Waals surface area contributed by atoms with Crippen molar-refractivity contribution in [2.24, 2.45) is 0 Å².